The summed E-state index contributed by atoms with van der Waals surface area (Å²) in [4.78, 5) is 0. The van der Waals surface area contributed by atoms with Gasteiger partial charge in [0, 0.05) is 12.6 Å². The molecule has 2 bridgehead atoms. The van der Waals surface area contributed by atoms with E-state index in [-0.39, 0.29) is 0 Å². The summed E-state index contributed by atoms with van der Waals surface area (Å²) in [5.74, 6) is 2.78. The van der Waals surface area contributed by atoms with E-state index in [2.05, 4.69) is 47.9 Å². The van der Waals surface area contributed by atoms with Crippen LogP contribution in [0.4, 0.5) is 0 Å². The largest absolute Gasteiger partial charge is 0.362 e. The first kappa shape index (κ1) is 14.8. The van der Waals surface area contributed by atoms with Gasteiger partial charge >= 0.3 is 0 Å². The molecule has 0 spiro atoms. The van der Waals surface area contributed by atoms with Gasteiger partial charge in [-0.1, -0.05) is 36.8 Å². The van der Waals surface area contributed by atoms with Gasteiger partial charge in [0.2, 0.25) is 0 Å². The highest BCUT2D eigenvalue weighted by molar-refractivity contribution is 7.80. The zero-order valence-corrected chi connectivity index (χ0v) is 13.7. The van der Waals surface area contributed by atoms with Gasteiger partial charge in [-0.15, -0.1) is 0 Å². The Labute approximate surface area is 133 Å². The number of rotatable bonds is 5. The van der Waals surface area contributed by atoms with Gasteiger partial charge in [0.05, 0.1) is 0 Å². The minimum Gasteiger partial charge on any atom is -0.362 e. The Morgan fingerprint density at radius 3 is 2.71 bits per heavy atom. The Balaban J connectivity index is 1.38. The first-order valence-electron chi connectivity index (χ1n) is 8.30. The summed E-state index contributed by atoms with van der Waals surface area (Å²) in [6.45, 7) is 3.20. The van der Waals surface area contributed by atoms with Crippen LogP contribution >= 0.6 is 12.2 Å². The Morgan fingerprint density at radius 1 is 1.24 bits per heavy atom. The minimum absolute atomic E-state index is 0.511. The van der Waals surface area contributed by atoms with Crippen molar-refractivity contribution in [2.45, 2.75) is 45.1 Å². The molecule has 2 aliphatic rings. The lowest BCUT2D eigenvalue weighted by Crippen LogP contribution is -2.45. The summed E-state index contributed by atoms with van der Waals surface area (Å²) in [5.41, 5.74) is 1.36. The molecule has 1 aromatic carbocycles. The number of benzene rings is 1. The number of thiocarbonyl (C=S) groups is 1. The third kappa shape index (κ3) is 3.76. The lowest BCUT2D eigenvalue weighted by Gasteiger charge is -2.29. The van der Waals surface area contributed by atoms with E-state index in [0.29, 0.717) is 6.04 Å². The molecule has 0 aliphatic heterocycles. The van der Waals surface area contributed by atoms with Gasteiger partial charge in [-0.3, -0.25) is 0 Å². The summed E-state index contributed by atoms with van der Waals surface area (Å²) in [7, 11) is 0. The average Bonchev–Trinajstić information content (AvgIpc) is 3.11. The van der Waals surface area contributed by atoms with Gasteiger partial charge in [0.1, 0.15) is 0 Å². The van der Waals surface area contributed by atoms with Crippen molar-refractivity contribution in [1.82, 2.24) is 10.6 Å². The molecule has 0 heterocycles. The fourth-order valence-electron chi connectivity index (χ4n) is 4.24. The SMILES string of the molecule is CC(NC(=S)NCCc1ccccc1)C1CC2CCC1C2. The average molecular weight is 302 g/mol. The lowest BCUT2D eigenvalue weighted by atomic mass is 9.84. The minimum atomic E-state index is 0.511. The lowest BCUT2D eigenvalue weighted by molar-refractivity contribution is 0.278. The molecule has 0 aromatic heterocycles. The van der Waals surface area contributed by atoms with Crippen LogP contribution in [0.1, 0.15) is 38.2 Å². The highest BCUT2D eigenvalue weighted by Crippen LogP contribution is 2.49. The number of nitrogens with one attached hydrogen (secondary N) is 2. The van der Waals surface area contributed by atoms with E-state index in [1.54, 1.807) is 0 Å². The van der Waals surface area contributed by atoms with E-state index >= 15 is 0 Å². The van der Waals surface area contributed by atoms with Crippen LogP contribution < -0.4 is 10.6 Å². The molecule has 4 unspecified atom stereocenters. The molecule has 21 heavy (non-hydrogen) atoms. The smallest absolute Gasteiger partial charge is 0.166 e. The number of hydrogen-bond donors (Lipinski definition) is 2. The molecular weight excluding hydrogens is 276 g/mol. The molecule has 3 rings (SSSR count). The maximum Gasteiger partial charge on any atom is 0.166 e. The van der Waals surface area contributed by atoms with Crippen LogP contribution in [0.5, 0.6) is 0 Å². The molecule has 2 fully saturated rings. The molecule has 2 saturated carbocycles. The van der Waals surface area contributed by atoms with Crippen LogP contribution in [0.15, 0.2) is 30.3 Å². The molecule has 1 aromatic rings. The quantitative estimate of drug-likeness (QED) is 0.814. The van der Waals surface area contributed by atoms with E-state index in [1.165, 1.54) is 31.2 Å². The van der Waals surface area contributed by atoms with Crippen LogP contribution in [0.3, 0.4) is 0 Å². The van der Waals surface area contributed by atoms with Crippen molar-refractivity contribution in [2.75, 3.05) is 6.54 Å². The Kier molecular flexibility index (Phi) is 4.79. The van der Waals surface area contributed by atoms with E-state index in [9.17, 15) is 0 Å². The van der Waals surface area contributed by atoms with Crippen LogP contribution in [-0.2, 0) is 6.42 Å². The van der Waals surface area contributed by atoms with E-state index < -0.39 is 0 Å². The molecule has 2 aliphatic carbocycles. The molecule has 3 heteroatoms. The summed E-state index contributed by atoms with van der Waals surface area (Å²) in [6.07, 6.45) is 6.80. The number of fused-ring (bicyclic) bond motifs is 2. The van der Waals surface area contributed by atoms with Crippen molar-refractivity contribution in [1.29, 1.82) is 0 Å². The van der Waals surface area contributed by atoms with Gasteiger partial charge < -0.3 is 10.6 Å². The van der Waals surface area contributed by atoms with Crippen molar-refractivity contribution < 1.29 is 0 Å². The van der Waals surface area contributed by atoms with Crippen LogP contribution in [0, 0.1) is 17.8 Å². The predicted octanol–water partition coefficient (Wildman–Crippen LogP) is 3.52. The molecule has 0 radical (unpaired) electrons. The second-order valence-electron chi connectivity index (χ2n) is 6.76. The fourth-order valence-corrected chi connectivity index (χ4v) is 4.52. The Bertz CT molecular complexity index is 473. The molecule has 0 amide bonds. The predicted molar refractivity (Wildman–Crippen MR) is 92.3 cm³/mol. The van der Waals surface area contributed by atoms with Crippen LogP contribution in [0.2, 0.25) is 0 Å². The Hall–Kier alpha value is -1.09. The van der Waals surface area contributed by atoms with Crippen molar-refractivity contribution in [3.63, 3.8) is 0 Å². The second-order valence-corrected chi connectivity index (χ2v) is 7.17. The van der Waals surface area contributed by atoms with Crippen molar-refractivity contribution in [3.05, 3.63) is 35.9 Å². The highest BCUT2D eigenvalue weighted by Gasteiger charge is 2.41. The molecule has 0 saturated heterocycles. The van der Waals surface area contributed by atoms with Crippen molar-refractivity contribution in [3.8, 4) is 0 Å². The molecule has 4 atom stereocenters. The van der Waals surface area contributed by atoms with Crippen molar-refractivity contribution in [2.24, 2.45) is 17.8 Å². The summed E-state index contributed by atoms with van der Waals surface area (Å²) in [5, 5.41) is 7.68. The van der Waals surface area contributed by atoms with Gasteiger partial charge in [0.15, 0.2) is 5.11 Å². The first-order valence-corrected chi connectivity index (χ1v) is 8.71. The van der Waals surface area contributed by atoms with E-state index in [0.717, 1.165) is 35.8 Å². The zero-order chi connectivity index (χ0) is 14.7. The summed E-state index contributed by atoms with van der Waals surface area (Å²) < 4.78 is 0. The monoisotopic (exact) mass is 302 g/mol. The van der Waals surface area contributed by atoms with Gasteiger partial charge in [-0.2, -0.15) is 0 Å². The Morgan fingerprint density at radius 2 is 2.05 bits per heavy atom. The summed E-state index contributed by atoms with van der Waals surface area (Å²) >= 11 is 5.44. The van der Waals surface area contributed by atoms with Crippen LogP contribution in [-0.4, -0.2) is 17.7 Å². The maximum atomic E-state index is 5.44. The van der Waals surface area contributed by atoms with Gasteiger partial charge in [-0.25, -0.2) is 0 Å². The third-order valence-electron chi connectivity index (χ3n) is 5.34. The third-order valence-corrected chi connectivity index (χ3v) is 5.60. The molecular formula is C18H26N2S. The topological polar surface area (TPSA) is 24.1 Å². The first-order chi connectivity index (χ1) is 10.2. The highest BCUT2D eigenvalue weighted by atomic mass is 32.1. The molecule has 2 N–H and O–H groups in total. The second kappa shape index (κ2) is 6.78. The zero-order valence-electron chi connectivity index (χ0n) is 12.8. The van der Waals surface area contributed by atoms with E-state index in [1.807, 2.05) is 0 Å². The number of hydrogen-bond acceptors (Lipinski definition) is 1. The fraction of sp³-hybridized carbons (Fsp3) is 0.611. The van der Waals surface area contributed by atoms with Crippen molar-refractivity contribution >= 4 is 17.3 Å². The van der Waals surface area contributed by atoms with Gasteiger partial charge in [0.25, 0.3) is 0 Å². The standard InChI is InChI=1S/C18H26N2S/c1-13(17-12-15-7-8-16(17)11-15)20-18(21)19-10-9-14-5-3-2-4-6-14/h2-6,13,15-17H,7-12H2,1H3,(H2,19,20,21). The summed E-state index contributed by atoms with van der Waals surface area (Å²) in [6, 6.07) is 11.1. The normalized spacial score (nSPS) is 28.3. The molecule has 114 valence electrons. The molecule has 2 nitrogen and oxygen atoms in total. The van der Waals surface area contributed by atoms with Gasteiger partial charge in [-0.05, 0) is 68.1 Å². The van der Waals surface area contributed by atoms with Crippen LogP contribution in [0.25, 0.3) is 0 Å². The van der Waals surface area contributed by atoms with E-state index in [4.69, 9.17) is 12.2 Å². The maximum absolute atomic E-state index is 5.44.